The van der Waals surface area contributed by atoms with Gasteiger partial charge in [0.2, 0.25) is 0 Å². The lowest BCUT2D eigenvalue weighted by Crippen LogP contribution is -2.36. The number of rotatable bonds is 2. The van der Waals surface area contributed by atoms with Crippen LogP contribution in [-0.2, 0) is 6.18 Å². The number of halogens is 5. The Hall–Kier alpha value is -2.33. The molecule has 0 aliphatic rings. The van der Waals surface area contributed by atoms with Gasteiger partial charge in [0, 0.05) is 12.1 Å². The number of nitro groups is 1. The van der Waals surface area contributed by atoms with Gasteiger partial charge in [-0.15, -0.1) is 0 Å². The van der Waals surface area contributed by atoms with Crippen molar-refractivity contribution in [3.63, 3.8) is 0 Å². The molecular weight excluding hydrogens is 366 g/mol. The number of hydrogen-bond donors (Lipinski definition) is 1. The number of nitrogens with one attached hydrogen (secondary N) is 1. The first kappa shape index (κ1) is 17.0. The van der Waals surface area contributed by atoms with E-state index in [2.05, 4.69) is 0 Å². The third kappa shape index (κ3) is 3.22. The van der Waals surface area contributed by atoms with E-state index >= 15 is 0 Å². The maximum absolute atomic E-state index is 12.5. The fourth-order valence-electron chi connectivity index (χ4n) is 1.71. The molecule has 2 rings (SSSR count). The molecule has 2 aromatic rings. The number of aromatic amines is 1. The second-order valence-electron chi connectivity index (χ2n) is 4.17. The van der Waals surface area contributed by atoms with Gasteiger partial charge in [-0.05, 0) is 6.07 Å². The van der Waals surface area contributed by atoms with E-state index in [0.717, 1.165) is 6.07 Å². The minimum absolute atomic E-state index is 0.137. The predicted octanol–water partition coefficient (Wildman–Crippen LogP) is 2.76. The smallest absolute Gasteiger partial charge is 0.303 e. The van der Waals surface area contributed by atoms with Crippen LogP contribution in [0, 0.1) is 10.1 Å². The second kappa shape index (κ2) is 5.70. The van der Waals surface area contributed by atoms with Crippen molar-refractivity contribution in [3.8, 4) is 5.69 Å². The lowest BCUT2D eigenvalue weighted by atomic mass is 10.2. The average molecular weight is 370 g/mol. The van der Waals surface area contributed by atoms with E-state index < -0.39 is 39.4 Å². The molecule has 0 radical (unpaired) electrons. The van der Waals surface area contributed by atoms with Gasteiger partial charge in [-0.2, -0.15) is 13.2 Å². The molecule has 122 valence electrons. The molecule has 0 fully saturated rings. The largest absolute Gasteiger partial charge is 0.431 e. The number of aromatic nitrogens is 2. The summed E-state index contributed by atoms with van der Waals surface area (Å²) in [6.07, 6.45) is -4.94. The number of benzene rings is 1. The molecule has 0 amide bonds. The van der Waals surface area contributed by atoms with Crippen LogP contribution in [0.15, 0.2) is 27.8 Å². The number of hydrogen-bond acceptors (Lipinski definition) is 4. The van der Waals surface area contributed by atoms with Crippen LogP contribution in [0.3, 0.4) is 0 Å². The van der Waals surface area contributed by atoms with Gasteiger partial charge in [-0.1, -0.05) is 23.2 Å². The first-order chi connectivity index (χ1) is 10.5. The van der Waals surface area contributed by atoms with Gasteiger partial charge in [0.1, 0.15) is 10.7 Å². The van der Waals surface area contributed by atoms with E-state index in [1.807, 2.05) is 0 Å². The van der Waals surface area contributed by atoms with Gasteiger partial charge in [-0.3, -0.25) is 14.9 Å². The Bertz CT molecular complexity index is 889. The van der Waals surface area contributed by atoms with Gasteiger partial charge < -0.3 is 4.98 Å². The van der Waals surface area contributed by atoms with Gasteiger partial charge >= 0.3 is 11.9 Å². The normalized spacial score (nSPS) is 11.5. The van der Waals surface area contributed by atoms with Crippen LogP contribution < -0.4 is 11.2 Å². The lowest BCUT2D eigenvalue weighted by molar-refractivity contribution is -0.384. The zero-order valence-electron chi connectivity index (χ0n) is 10.6. The highest BCUT2D eigenvalue weighted by molar-refractivity contribution is 6.37. The summed E-state index contributed by atoms with van der Waals surface area (Å²) in [5, 5.41) is 10.1. The Balaban J connectivity index is 2.79. The molecule has 23 heavy (non-hydrogen) atoms. The van der Waals surface area contributed by atoms with E-state index in [1.54, 1.807) is 0 Å². The Morgan fingerprint density at radius 2 is 1.74 bits per heavy atom. The van der Waals surface area contributed by atoms with Crippen LogP contribution in [-0.4, -0.2) is 14.5 Å². The van der Waals surface area contributed by atoms with Gasteiger partial charge in [0.15, 0.2) is 0 Å². The summed E-state index contributed by atoms with van der Waals surface area (Å²) in [4.78, 5) is 35.0. The van der Waals surface area contributed by atoms with E-state index in [4.69, 9.17) is 23.2 Å². The molecule has 1 N–H and O–H groups in total. The molecular formula is C11H4Cl2F3N3O4. The Kier molecular flexibility index (Phi) is 4.22. The van der Waals surface area contributed by atoms with Crippen molar-refractivity contribution in [2.75, 3.05) is 0 Å². The van der Waals surface area contributed by atoms with Crippen LogP contribution >= 0.6 is 23.2 Å². The van der Waals surface area contributed by atoms with E-state index in [9.17, 15) is 32.9 Å². The maximum atomic E-state index is 12.5. The van der Waals surface area contributed by atoms with Gasteiger partial charge in [0.05, 0.1) is 15.6 Å². The molecule has 12 heteroatoms. The van der Waals surface area contributed by atoms with Crippen LogP contribution in [0.2, 0.25) is 10.0 Å². The summed E-state index contributed by atoms with van der Waals surface area (Å²) in [6.45, 7) is 0. The van der Waals surface area contributed by atoms with Crippen LogP contribution in [0.25, 0.3) is 5.69 Å². The SMILES string of the molecule is O=c1cc(C(F)(F)F)[nH]c(=O)n1-c1cc([N+](=O)[O-])c(Cl)cc1Cl. The number of alkyl halides is 3. The molecule has 1 aromatic carbocycles. The molecule has 7 nitrogen and oxygen atoms in total. The van der Waals surface area contributed by atoms with Gasteiger partial charge in [-0.25, -0.2) is 9.36 Å². The second-order valence-corrected chi connectivity index (χ2v) is 4.99. The fraction of sp³-hybridized carbons (Fsp3) is 0.0909. The van der Waals surface area contributed by atoms with Crippen molar-refractivity contribution in [2.24, 2.45) is 0 Å². The summed E-state index contributed by atoms with van der Waals surface area (Å²) in [5.74, 6) is 0. The highest BCUT2D eigenvalue weighted by atomic mass is 35.5. The van der Waals surface area contributed by atoms with Crippen molar-refractivity contribution < 1.29 is 18.1 Å². The molecule has 1 heterocycles. The summed E-state index contributed by atoms with van der Waals surface area (Å²) in [7, 11) is 0. The quantitative estimate of drug-likeness (QED) is 0.649. The summed E-state index contributed by atoms with van der Waals surface area (Å²) < 4.78 is 37.8. The topological polar surface area (TPSA) is 98.0 Å². The van der Waals surface area contributed by atoms with Crippen LogP contribution in [0.5, 0.6) is 0 Å². The molecule has 0 spiro atoms. The third-order valence-electron chi connectivity index (χ3n) is 2.69. The van der Waals surface area contributed by atoms with Crippen LogP contribution in [0.4, 0.5) is 18.9 Å². The van der Waals surface area contributed by atoms with E-state index in [-0.39, 0.29) is 20.7 Å². The van der Waals surface area contributed by atoms with Crippen molar-refractivity contribution in [1.29, 1.82) is 0 Å². The highest BCUT2D eigenvalue weighted by Crippen LogP contribution is 2.32. The van der Waals surface area contributed by atoms with Crippen molar-refractivity contribution >= 4 is 28.9 Å². The third-order valence-corrected chi connectivity index (χ3v) is 3.30. The zero-order chi connectivity index (χ0) is 17.5. The van der Waals surface area contributed by atoms with Crippen molar-refractivity contribution in [2.45, 2.75) is 6.18 Å². The molecule has 0 aliphatic carbocycles. The first-order valence-corrected chi connectivity index (χ1v) is 6.35. The molecule has 0 unspecified atom stereocenters. The number of nitrogens with zero attached hydrogens (tertiary/aromatic N) is 2. The van der Waals surface area contributed by atoms with Gasteiger partial charge in [0.25, 0.3) is 11.2 Å². The molecule has 1 aromatic heterocycles. The van der Waals surface area contributed by atoms with E-state index in [1.165, 1.54) is 4.98 Å². The predicted molar refractivity (Wildman–Crippen MR) is 74.3 cm³/mol. The highest BCUT2D eigenvalue weighted by Gasteiger charge is 2.33. The fourth-order valence-corrected chi connectivity index (χ4v) is 2.25. The first-order valence-electron chi connectivity index (χ1n) is 5.59. The summed E-state index contributed by atoms with van der Waals surface area (Å²) in [5.41, 5.74) is -5.51. The lowest BCUT2D eigenvalue weighted by Gasteiger charge is -2.10. The Morgan fingerprint density at radius 3 is 2.22 bits per heavy atom. The Labute approximate surface area is 134 Å². The number of nitro benzene ring substituents is 1. The van der Waals surface area contributed by atoms with Crippen molar-refractivity contribution in [3.05, 3.63) is 64.9 Å². The van der Waals surface area contributed by atoms with Crippen molar-refractivity contribution in [1.82, 2.24) is 9.55 Å². The molecule has 0 bridgehead atoms. The Morgan fingerprint density at radius 1 is 1.13 bits per heavy atom. The maximum Gasteiger partial charge on any atom is 0.431 e. The molecule has 0 saturated heterocycles. The molecule has 0 aliphatic heterocycles. The zero-order valence-corrected chi connectivity index (χ0v) is 12.2. The standard InChI is InChI=1S/C11H4Cl2F3N3O4/c12-4-1-5(13)7(19(22)23)2-6(4)18-9(20)3-8(11(14,15)16)17-10(18)21/h1-3H,(H,17,21). The molecule has 0 atom stereocenters. The molecule has 0 saturated carbocycles. The minimum Gasteiger partial charge on any atom is -0.303 e. The van der Waals surface area contributed by atoms with Crippen LogP contribution in [0.1, 0.15) is 5.69 Å². The summed E-state index contributed by atoms with van der Waals surface area (Å²) >= 11 is 11.4. The monoisotopic (exact) mass is 369 g/mol. The minimum atomic E-state index is -4.94. The average Bonchev–Trinajstić information content (AvgIpc) is 2.38. The number of H-pyrrole nitrogens is 1. The summed E-state index contributed by atoms with van der Waals surface area (Å²) in [6, 6.07) is 1.76. The van der Waals surface area contributed by atoms with E-state index in [0.29, 0.717) is 6.07 Å².